The number of aliphatic carboxylic acids is 1. The van der Waals surface area contributed by atoms with Crippen LogP contribution < -0.4 is 5.73 Å². The summed E-state index contributed by atoms with van der Waals surface area (Å²) in [4.78, 5) is 10.8. The summed E-state index contributed by atoms with van der Waals surface area (Å²) in [5.41, 5.74) is 8.33. The molecule has 0 radical (unpaired) electrons. The van der Waals surface area contributed by atoms with Crippen molar-refractivity contribution in [3.63, 3.8) is 0 Å². The second-order valence-electron chi connectivity index (χ2n) is 6.88. The fourth-order valence-corrected chi connectivity index (χ4v) is 2.57. The third kappa shape index (κ3) is 5.74. The highest BCUT2D eigenvalue weighted by Crippen LogP contribution is 2.31. The van der Waals surface area contributed by atoms with E-state index in [1.54, 1.807) is 0 Å². The lowest BCUT2D eigenvalue weighted by atomic mass is 9.81. The van der Waals surface area contributed by atoms with Gasteiger partial charge in [-0.25, -0.2) is 0 Å². The highest BCUT2D eigenvalue weighted by Gasteiger charge is 2.25. The molecule has 0 bridgehead atoms. The van der Waals surface area contributed by atoms with Gasteiger partial charge in [-0.1, -0.05) is 52.0 Å². The minimum absolute atomic E-state index is 0.113. The zero-order chi connectivity index (χ0) is 15.3. The van der Waals surface area contributed by atoms with Crippen LogP contribution in [0.3, 0.4) is 0 Å². The quantitative estimate of drug-likeness (QED) is 0.797. The first-order chi connectivity index (χ1) is 9.19. The summed E-state index contributed by atoms with van der Waals surface area (Å²) in [6.45, 7) is 8.31. The van der Waals surface area contributed by atoms with Gasteiger partial charge in [-0.2, -0.15) is 0 Å². The molecule has 3 N–H and O–H groups in total. The Bertz CT molecular complexity index is 435. The summed E-state index contributed by atoms with van der Waals surface area (Å²) in [6.07, 6.45) is 1.88. The Labute approximate surface area is 122 Å². The van der Waals surface area contributed by atoms with Crippen molar-refractivity contribution in [3.8, 4) is 0 Å². The second-order valence-corrected chi connectivity index (χ2v) is 6.88. The van der Waals surface area contributed by atoms with Crippen LogP contribution in [0.1, 0.15) is 57.7 Å². The molecule has 0 saturated carbocycles. The van der Waals surface area contributed by atoms with Gasteiger partial charge in [-0.15, -0.1) is 0 Å². The maximum absolute atomic E-state index is 10.8. The van der Waals surface area contributed by atoms with E-state index in [4.69, 9.17) is 10.8 Å². The van der Waals surface area contributed by atoms with Crippen LogP contribution in [0.2, 0.25) is 0 Å². The summed E-state index contributed by atoms with van der Waals surface area (Å²) in [5, 5.41) is 8.91. The van der Waals surface area contributed by atoms with Gasteiger partial charge in [0.2, 0.25) is 0 Å². The molecule has 0 amide bonds. The Hall–Kier alpha value is -1.35. The molecule has 20 heavy (non-hydrogen) atoms. The van der Waals surface area contributed by atoms with Crippen LogP contribution in [0, 0.1) is 11.3 Å². The molecule has 0 aliphatic rings. The molecule has 0 aromatic heterocycles. The number of carboxylic acids is 1. The molecule has 1 rings (SSSR count). The standard InChI is InChI=1S/C17H27NO2/c1-12(2)9-13-5-7-14(8-6-13)15(18)10-17(3,4)11-16(19)20/h5-8,12,15H,9-11,18H2,1-4H3,(H,19,20). The second kappa shape index (κ2) is 6.89. The predicted molar refractivity (Wildman–Crippen MR) is 82.6 cm³/mol. The third-order valence-corrected chi connectivity index (χ3v) is 3.45. The van der Waals surface area contributed by atoms with Crippen molar-refractivity contribution in [3.05, 3.63) is 35.4 Å². The first-order valence-electron chi connectivity index (χ1n) is 7.26. The lowest BCUT2D eigenvalue weighted by Gasteiger charge is -2.26. The van der Waals surface area contributed by atoms with Crippen molar-refractivity contribution >= 4 is 5.97 Å². The smallest absolute Gasteiger partial charge is 0.303 e. The highest BCUT2D eigenvalue weighted by atomic mass is 16.4. The molecule has 0 aliphatic heterocycles. The van der Waals surface area contributed by atoms with E-state index in [1.807, 2.05) is 13.8 Å². The molecule has 112 valence electrons. The van der Waals surface area contributed by atoms with Gasteiger partial charge in [-0.05, 0) is 35.3 Å². The fourth-order valence-electron chi connectivity index (χ4n) is 2.57. The Balaban J connectivity index is 2.67. The maximum atomic E-state index is 10.8. The van der Waals surface area contributed by atoms with Crippen LogP contribution in [-0.4, -0.2) is 11.1 Å². The van der Waals surface area contributed by atoms with E-state index in [2.05, 4.69) is 38.1 Å². The molecule has 1 aromatic rings. The summed E-state index contributed by atoms with van der Waals surface area (Å²) in [5.74, 6) is -0.126. The van der Waals surface area contributed by atoms with Crippen molar-refractivity contribution in [2.45, 2.75) is 53.0 Å². The molecule has 0 fully saturated rings. The monoisotopic (exact) mass is 277 g/mol. The van der Waals surface area contributed by atoms with E-state index >= 15 is 0 Å². The largest absolute Gasteiger partial charge is 0.481 e. The predicted octanol–water partition coefficient (Wildman–Crippen LogP) is 3.78. The van der Waals surface area contributed by atoms with Crippen molar-refractivity contribution in [1.29, 1.82) is 0 Å². The Morgan fingerprint density at radius 1 is 1.25 bits per heavy atom. The molecule has 0 aliphatic carbocycles. The minimum Gasteiger partial charge on any atom is -0.481 e. The van der Waals surface area contributed by atoms with Crippen LogP contribution in [0.25, 0.3) is 0 Å². The average Bonchev–Trinajstić information content (AvgIpc) is 2.26. The third-order valence-electron chi connectivity index (χ3n) is 3.45. The summed E-state index contributed by atoms with van der Waals surface area (Å²) >= 11 is 0. The lowest BCUT2D eigenvalue weighted by Crippen LogP contribution is -2.24. The van der Waals surface area contributed by atoms with Gasteiger partial charge in [0.1, 0.15) is 0 Å². The lowest BCUT2D eigenvalue weighted by molar-refractivity contribution is -0.139. The number of hydrogen-bond acceptors (Lipinski definition) is 2. The summed E-state index contributed by atoms with van der Waals surface area (Å²) in [7, 11) is 0. The number of nitrogens with two attached hydrogens (primary N) is 1. The Kier molecular flexibility index (Phi) is 5.75. The van der Waals surface area contributed by atoms with Gasteiger partial charge >= 0.3 is 5.97 Å². The van der Waals surface area contributed by atoms with Gasteiger partial charge < -0.3 is 10.8 Å². The molecular weight excluding hydrogens is 250 g/mol. The van der Waals surface area contributed by atoms with Crippen molar-refractivity contribution in [2.75, 3.05) is 0 Å². The van der Waals surface area contributed by atoms with Crippen molar-refractivity contribution in [1.82, 2.24) is 0 Å². The topological polar surface area (TPSA) is 63.3 Å². The van der Waals surface area contributed by atoms with Crippen LogP contribution in [-0.2, 0) is 11.2 Å². The van der Waals surface area contributed by atoms with Crippen molar-refractivity contribution < 1.29 is 9.90 Å². The van der Waals surface area contributed by atoms with Gasteiger partial charge in [0.15, 0.2) is 0 Å². The number of benzene rings is 1. The number of rotatable bonds is 7. The van der Waals surface area contributed by atoms with Crippen LogP contribution >= 0.6 is 0 Å². The van der Waals surface area contributed by atoms with Crippen LogP contribution in [0.5, 0.6) is 0 Å². The van der Waals surface area contributed by atoms with E-state index < -0.39 is 5.97 Å². The number of carbonyl (C=O) groups is 1. The Morgan fingerprint density at radius 3 is 2.25 bits per heavy atom. The molecule has 3 nitrogen and oxygen atoms in total. The molecule has 0 saturated heterocycles. The van der Waals surface area contributed by atoms with E-state index in [1.165, 1.54) is 5.56 Å². The van der Waals surface area contributed by atoms with E-state index in [0.717, 1.165) is 12.0 Å². The van der Waals surface area contributed by atoms with Gasteiger partial charge in [0.25, 0.3) is 0 Å². The Morgan fingerprint density at radius 2 is 1.80 bits per heavy atom. The average molecular weight is 277 g/mol. The first-order valence-corrected chi connectivity index (χ1v) is 7.26. The van der Waals surface area contributed by atoms with Gasteiger partial charge in [0, 0.05) is 6.04 Å². The van der Waals surface area contributed by atoms with Gasteiger partial charge in [0.05, 0.1) is 6.42 Å². The number of hydrogen-bond donors (Lipinski definition) is 2. The van der Waals surface area contributed by atoms with Crippen molar-refractivity contribution in [2.24, 2.45) is 17.1 Å². The molecule has 0 heterocycles. The molecule has 1 atom stereocenters. The van der Waals surface area contributed by atoms with Gasteiger partial charge in [-0.3, -0.25) is 4.79 Å². The molecule has 3 heteroatoms. The normalized spacial score (nSPS) is 13.5. The van der Waals surface area contributed by atoms with E-state index in [9.17, 15) is 4.79 Å². The van der Waals surface area contributed by atoms with E-state index in [-0.39, 0.29) is 17.9 Å². The maximum Gasteiger partial charge on any atom is 0.303 e. The zero-order valence-electron chi connectivity index (χ0n) is 13.0. The van der Waals surface area contributed by atoms with Crippen LogP contribution in [0.15, 0.2) is 24.3 Å². The molecular formula is C17H27NO2. The van der Waals surface area contributed by atoms with E-state index in [0.29, 0.717) is 12.3 Å². The number of carboxylic acid groups (broad SMARTS) is 1. The first kappa shape index (κ1) is 16.7. The summed E-state index contributed by atoms with van der Waals surface area (Å²) < 4.78 is 0. The molecule has 0 spiro atoms. The highest BCUT2D eigenvalue weighted by molar-refractivity contribution is 5.67. The fraction of sp³-hybridized carbons (Fsp3) is 0.588. The summed E-state index contributed by atoms with van der Waals surface area (Å²) in [6, 6.07) is 8.27. The molecule has 1 aromatic carbocycles. The van der Waals surface area contributed by atoms with Crippen LogP contribution in [0.4, 0.5) is 0 Å². The zero-order valence-corrected chi connectivity index (χ0v) is 13.0. The SMILES string of the molecule is CC(C)Cc1ccc(C(N)CC(C)(C)CC(=O)O)cc1. The minimum atomic E-state index is -0.769. The molecule has 1 unspecified atom stereocenters.